The van der Waals surface area contributed by atoms with E-state index in [0.29, 0.717) is 24.7 Å². The van der Waals surface area contributed by atoms with E-state index in [1.807, 2.05) is 50.2 Å². The number of hydrogen-bond acceptors (Lipinski definition) is 4. The predicted octanol–water partition coefficient (Wildman–Crippen LogP) is 7.32. The van der Waals surface area contributed by atoms with Gasteiger partial charge in [-0.05, 0) is 69.4 Å². The van der Waals surface area contributed by atoms with Crippen molar-refractivity contribution in [2.24, 2.45) is 17.8 Å². The van der Waals surface area contributed by atoms with Crippen molar-refractivity contribution in [1.82, 2.24) is 0 Å². The molecule has 0 fully saturated rings. The normalized spacial score (nSPS) is 15.5. The second-order valence-electron chi connectivity index (χ2n) is 10.4. The lowest BCUT2D eigenvalue weighted by Crippen LogP contribution is -2.27. The molecule has 194 valence electrons. The number of fused-ring (bicyclic) bond motifs is 1. The van der Waals surface area contributed by atoms with Gasteiger partial charge in [0.05, 0.1) is 6.42 Å². The van der Waals surface area contributed by atoms with Gasteiger partial charge in [-0.1, -0.05) is 74.7 Å². The van der Waals surface area contributed by atoms with Crippen molar-refractivity contribution in [3.05, 3.63) is 70.3 Å². The Bertz CT molecular complexity index is 1060. The van der Waals surface area contributed by atoms with E-state index in [2.05, 4.69) is 19.9 Å². The molecule has 1 aliphatic carbocycles. The summed E-state index contributed by atoms with van der Waals surface area (Å²) in [5.41, 5.74) is 5.11. The highest BCUT2D eigenvalue weighted by Crippen LogP contribution is 2.36. The van der Waals surface area contributed by atoms with Crippen LogP contribution in [0.15, 0.2) is 42.5 Å². The van der Waals surface area contributed by atoms with Crippen LogP contribution >= 0.6 is 0 Å². The van der Waals surface area contributed by atoms with Gasteiger partial charge in [-0.25, -0.2) is 0 Å². The first-order chi connectivity index (χ1) is 17.0. The number of Topliss-reactive ketones (excluding diaryl/α,β-unsaturated/α-hetero) is 4. The van der Waals surface area contributed by atoms with Gasteiger partial charge in [-0.15, -0.1) is 0 Å². The molecule has 1 aliphatic rings. The summed E-state index contributed by atoms with van der Waals surface area (Å²) in [6.45, 7) is 11.4. The molecule has 2 aromatic rings. The highest BCUT2D eigenvalue weighted by Gasteiger charge is 2.31. The Labute approximate surface area is 216 Å². The predicted molar refractivity (Wildman–Crippen MR) is 146 cm³/mol. The van der Waals surface area contributed by atoms with Crippen LogP contribution in [0.5, 0.6) is 0 Å². The first-order valence-electron chi connectivity index (χ1n) is 13.3. The third kappa shape index (κ3) is 8.65. The second-order valence-corrected chi connectivity index (χ2v) is 10.4. The summed E-state index contributed by atoms with van der Waals surface area (Å²) in [7, 11) is 0. The molecule has 4 nitrogen and oxygen atoms in total. The van der Waals surface area contributed by atoms with Crippen LogP contribution < -0.4 is 0 Å². The summed E-state index contributed by atoms with van der Waals surface area (Å²) in [6, 6.07) is 13.7. The summed E-state index contributed by atoms with van der Waals surface area (Å²) in [5, 5.41) is 0. The summed E-state index contributed by atoms with van der Waals surface area (Å²) in [6.07, 6.45) is 4.97. The Balaban J connectivity index is 0.000000380. The smallest absolute Gasteiger partial charge is 0.163 e. The van der Waals surface area contributed by atoms with Crippen LogP contribution in [-0.2, 0) is 16.0 Å². The highest BCUT2D eigenvalue weighted by atomic mass is 16.1. The lowest BCUT2D eigenvalue weighted by Gasteiger charge is -2.31. The molecule has 0 aliphatic heterocycles. The zero-order valence-corrected chi connectivity index (χ0v) is 22.9. The lowest BCUT2D eigenvalue weighted by molar-refractivity contribution is -0.126. The minimum absolute atomic E-state index is 0.0439. The van der Waals surface area contributed by atoms with Crippen molar-refractivity contribution < 1.29 is 19.2 Å². The van der Waals surface area contributed by atoms with Crippen molar-refractivity contribution in [3.63, 3.8) is 0 Å². The van der Waals surface area contributed by atoms with Crippen LogP contribution in [0.4, 0.5) is 0 Å². The molecule has 0 aromatic heterocycles. The molecule has 36 heavy (non-hydrogen) atoms. The van der Waals surface area contributed by atoms with Crippen LogP contribution in [0, 0.1) is 31.6 Å². The van der Waals surface area contributed by atoms with E-state index in [1.54, 1.807) is 6.92 Å². The quantitative estimate of drug-likeness (QED) is 0.258. The van der Waals surface area contributed by atoms with Gasteiger partial charge >= 0.3 is 0 Å². The molecule has 0 saturated carbocycles. The topological polar surface area (TPSA) is 68.3 Å². The van der Waals surface area contributed by atoms with Crippen LogP contribution in [0.25, 0.3) is 0 Å². The number of rotatable bonds is 10. The molecule has 0 N–H and O–H groups in total. The van der Waals surface area contributed by atoms with Crippen LogP contribution in [0.1, 0.15) is 104 Å². The summed E-state index contributed by atoms with van der Waals surface area (Å²) in [5.74, 6) is 1.39. The van der Waals surface area contributed by atoms with Gasteiger partial charge in [0.1, 0.15) is 11.6 Å². The van der Waals surface area contributed by atoms with Crippen LogP contribution in [0.2, 0.25) is 0 Å². The molecular formula is C32H42O4. The average Bonchev–Trinajstić information content (AvgIpc) is 2.80. The average molecular weight is 491 g/mol. The number of ketones is 4. The number of carbonyl (C=O) groups excluding carboxylic acids is 4. The molecular weight excluding hydrogens is 448 g/mol. The van der Waals surface area contributed by atoms with E-state index in [-0.39, 0.29) is 35.5 Å². The van der Waals surface area contributed by atoms with Gasteiger partial charge in [0, 0.05) is 24.0 Å². The minimum Gasteiger partial charge on any atom is -0.300 e. The monoisotopic (exact) mass is 490 g/mol. The fraction of sp³-hybridized carbons (Fsp3) is 0.500. The third-order valence-corrected chi connectivity index (χ3v) is 7.37. The van der Waals surface area contributed by atoms with Crippen LogP contribution in [-0.4, -0.2) is 23.1 Å². The molecule has 4 heteroatoms. The summed E-state index contributed by atoms with van der Waals surface area (Å²) >= 11 is 0. The molecule has 0 heterocycles. The largest absolute Gasteiger partial charge is 0.300 e. The molecule has 2 aromatic carbocycles. The van der Waals surface area contributed by atoms with E-state index >= 15 is 0 Å². The second kappa shape index (κ2) is 14.0. The van der Waals surface area contributed by atoms with E-state index in [1.165, 1.54) is 12.5 Å². The van der Waals surface area contributed by atoms with E-state index < -0.39 is 0 Å². The SMILES string of the molecule is CC(=O)c1ccc(C)cc1.CCC(CC)C(CC(=O)CC(C)=O)CC1CC(=O)c2c(C)cccc2C1. The van der Waals surface area contributed by atoms with Gasteiger partial charge < -0.3 is 0 Å². The Morgan fingerprint density at radius 2 is 1.53 bits per heavy atom. The molecule has 3 rings (SSSR count). The number of aryl methyl sites for hydroxylation is 2. The van der Waals surface area contributed by atoms with Gasteiger partial charge in [0.25, 0.3) is 0 Å². The maximum Gasteiger partial charge on any atom is 0.163 e. The maximum absolute atomic E-state index is 12.7. The Kier molecular flexibility index (Phi) is 11.4. The molecule has 0 radical (unpaired) electrons. The lowest BCUT2D eigenvalue weighted by atomic mass is 9.72. The Morgan fingerprint density at radius 3 is 2.08 bits per heavy atom. The zero-order valence-electron chi connectivity index (χ0n) is 22.9. The minimum atomic E-state index is -0.0597. The van der Waals surface area contributed by atoms with Crippen LogP contribution in [0.3, 0.4) is 0 Å². The number of carbonyl (C=O) groups is 4. The standard InChI is InChI=1S/C23H32O3.C9H10O/c1-5-18(6-2)20(14-21(25)10-16(4)24)12-17-11-19-9-7-8-15(3)23(19)22(26)13-17;1-7-3-5-9(6-4-7)8(2)10/h7-9,17-18,20H,5-6,10-14H2,1-4H3;3-6H,1-2H3. The van der Waals surface area contributed by atoms with Crippen molar-refractivity contribution in [3.8, 4) is 0 Å². The van der Waals surface area contributed by atoms with Crippen molar-refractivity contribution in [2.75, 3.05) is 0 Å². The van der Waals surface area contributed by atoms with Gasteiger partial charge in [-0.3, -0.25) is 19.2 Å². The molecule has 0 bridgehead atoms. The first-order valence-corrected chi connectivity index (χ1v) is 13.3. The molecule has 0 spiro atoms. The maximum atomic E-state index is 12.7. The van der Waals surface area contributed by atoms with Crippen molar-refractivity contribution in [1.29, 1.82) is 0 Å². The van der Waals surface area contributed by atoms with Gasteiger partial charge in [-0.2, -0.15) is 0 Å². The first kappa shape index (κ1) is 29.4. The van der Waals surface area contributed by atoms with Crippen molar-refractivity contribution in [2.45, 2.75) is 86.5 Å². The molecule has 0 saturated heterocycles. The fourth-order valence-electron chi connectivity index (χ4n) is 5.47. The van der Waals surface area contributed by atoms with Gasteiger partial charge in [0.15, 0.2) is 11.6 Å². The van der Waals surface area contributed by atoms with Crippen molar-refractivity contribution >= 4 is 23.1 Å². The number of hydrogen-bond donors (Lipinski definition) is 0. The molecule has 2 unspecified atom stereocenters. The van der Waals surface area contributed by atoms with E-state index in [4.69, 9.17) is 0 Å². The summed E-state index contributed by atoms with van der Waals surface area (Å²) < 4.78 is 0. The molecule has 2 atom stereocenters. The molecule has 0 amide bonds. The Morgan fingerprint density at radius 1 is 0.889 bits per heavy atom. The fourth-order valence-corrected chi connectivity index (χ4v) is 5.47. The number of benzene rings is 2. The van der Waals surface area contributed by atoms with Gasteiger partial charge in [0.2, 0.25) is 0 Å². The summed E-state index contributed by atoms with van der Waals surface area (Å²) in [4.78, 5) is 47.0. The Hall–Kier alpha value is -2.88. The highest BCUT2D eigenvalue weighted by molar-refractivity contribution is 6.00. The zero-order chi connectivity index (χ0) is 26.8. The third-order valence-electron chi connectivity index (χ3n) is 7.37. The van der Waals surface area contributed by atoms with E-state index in [9.17, 15) is 19.2 Å². The van der Waals surface area contributed by atoms with E-state index in [0.717, 1.165) is 47.9 Å².